The van der Waals surface area contributed by atoms with Gasteiger partial charge in [0.1, 0.15) is 11.3 Å². The Labute approximate surface area is 99.3 Å². The molecule has 0 aliphatic carbocycles. The number of rotatable bonds is 2. The first-order chi connectivity index (χ1) is 8.54. The lowest BCUT2D eigenvalue weighted by Gasteiger charge is -2.06. The van der Waals surface area contributed by atoms with E-state index in [0.717, 1.165) is 0 Å². The lowest BCUT2D eigenvalue weighted by Crippen LogP contribution is -2.08. The number of aromatic nitrogens is 1. The van der Waals surface area contributed by atoms with Crippen molar-refractivity contribution in [2.24, 2.45) is 5.16 Å². The minimum absolute atomic E-state index is 0.245. The summed E-state index contributed by atoms with van der Waals surface area (Å²) < 4.78 is 43.4. The normalized spacial score (nSPS) is 12.2. The van der Waals surface area contributed by atoms with E-state index in [-0.39, 0.29) is 5.56 Å². The van der Waals surface area contributed by atoms with Gasteiger partial charge in [0.15, 0.2) is 5.76 Å². The van der Waals surface area contributed by atoms with Gasteiger partial charge in [-0.1, -0.05) is 40.6 Å². The van der Waals surface area contributed by atoms with Gasteiger partial charge in [0.2, 0.25) is 0 Å². The maximum Gasteiger partial charge on any atom is 0.422 e. The Bertz CT molecular complexity index is 561. The van der Waals surface area contributed by atoms with Gasteiger partial charge in [-0.15, -0.1) is 0 Å². The lowest BCUT2D eigenvalue weighted by molar-refractivity contribution is -0.137. The summed E-state index contributed by atoms with van der Waals surface area (Å²) in [5.74, 6) is -0.405. The molecule has 0 amide bonds. The second-order valence-corrected chi connectivity index (χ2v) is 3.38. The summed E-state index contributed by atoms with van der Waals surface area (Å²) >= 11 is 0. The van der Waals surface area contributed by atoms with Crippen molar-refractivity contribution in [3.8, 4) is 11.3 Å². The smallest absolute Gasteiger partial charge is 0.411 e. The maximum absolute atomic E-state index is 12.9. The second-order valence-electron chi connectivity index (χ2n) is 3.38. The molecular formula is C11H7F3N2O2. The molecule has 1 aromatic heterocycles. The molecule has 0 aliphatic heterocycles. The van der Waals surface area contributed by atoms with Gasteiger partial charge >= 0.3 is 6.18 Å². The van der Waals surface area contributed by atoms with Crippen LogP contribution in [0.3, 0.4) is 0 Å². The van der Waals surface area contributed by atoms with Crippen molar-refractivity contribution in [3.63, 3.8) is 0 Å². The van der Waals surface area contributed by atoms with E-state index >= 15 is 0 Å². The molecule has 0 bridgehead atoms. The van der Waals surface area contributed by atoms with Crippen LogP contribution in [-0.4, -0.2) is 16.6 Å². The molecule has 0 saturated carbocycles. The van der Waals surface area contributed by atoms with Gasteiger partial charge in [-0.05, 0) is 0 Å². The maximum atomic E-state index is 12.9. The Morgan fingerprint density at radius 1 is 1.22 bits per heavy atom. The number of nitrogens with zero attached hydrogens (tertiary/aromatic N) is 2. The topological polar surface area (TPSA) is 58.6 Å². The molecular weight excluding hydrogens is 249 g/mol. The summed E-state index contributed by atoms with van der Waals surface area (Å²) in [7, 11) is 0. The van der Waals surface area contributed by atoms with Gasteiger partial charge in [0, 0.05) is 5.56 Å². The van der Waals surface area contributed by atoms with Crippen molar-refractivity contribution in [2.45, 2.75) is 6.18 Å². The highest BCUT2D eigenvalue weighted by Crippen LogP contribution is 2.38. The predicted molar refractivity (Wildman–Crippen MR) is 56.3 cm³/mol. The molecule has 94 valence electrons. The zero-order valence-corrected chi connectivity index (χ0v) is 8.85. The molecule has 2 aromatic rings. The fraction of sp³-hybridized carbons (Fsp3) is 0.0909. The van der Waals surface area contributed by atoms with E-state index < -0.39 is 23.2 Å². The highest BCUT2D eigenvalue weighted by molar-refractivity contribution is 5.82. The van der Waals surface area contributed by atoms with E-state index in [1.54, 1.807) is 18.2 Å². The Kier molecular flexibility index (Phi) is 3.05. The monoisotopic (exact) mass is 256 g/mol. The molecule has 4 nitrogen and oxygen atoms in total. The molecule has 0 atom stereocenters. The van der Waals surface area contributed by atoms with Crippen molar-refractivity contribution >= 4 is 6.21 Å². The van der Waals surface area contributed by atoms with Gasteiger partial charge in [-0.25, -0.2) is 0 Å². The standard InChI is InChI=1S/C11H7F3N2O2/c12-11(13,14)9-8(6-15-17)16-18-10(9)7-4-2-1-3-5-7/h1-6,17H/b15-6+. The minimum atomic E-state index is -4.65. The third kappa shape index (κ3) is 2.20. The lowest BCUT2D eigenvalue weighted by atomic mass is 10.1. The number of alkyl halides is 3. The third-order valence-electron chi connectivity index (χ3n) is 2.22. The van der Waals surface area contributed by atoms with Crippen molar-refractivity contribution in [1.29, 1.82) is 0 Å². The fourth-order valence-electron chi connectivity index (χ4n) is 1.51. The van der Waals surface area contributed by atoms with E-state index in [4.69, 9.17) is 5.21 Å². The summed E-state index contributed by atoms with van der Waals surface area (Å²) in [4.78, 5) is 0. The van der Waals surface area contributed by atoms with Gasteiger partial charge in [0.25, 0.3) is 0 Å². The molecule has 2 rings (SSSR count). The number of hydrogen-bond acceptors (Lipinski definition) is 4. The molecule has 0 radical (unpaired) electrons. The van der Waals surface area contributed by atoms with Crippen molar-refractivity contribution < 1.29 is 22.9 Å². The average molecular weight is 256 g/mol. The Hall–Kier alpha value is -2.31. The van der Waals surface area contributed by atoms with Crippen LogP contribution in [0, 0.1) is 0 Å². The Morgan fingerprint density at radius 3 is 2.44 bits per heavy atom. The van der Waals surface area contributed by atoms with Crippen LogP contribution in [-0.2, 0) is 6.18 Å². The van der Waals surface area contributed by atoms with Crippen molar-refractivity contribution in [2.75, 3.05) is 0 Å². The third-order valence-corrected chi connectivity index (χ3v) is 2.22. The minimum Gasteiger partial charge on any atom is -0.411 e. The number of oxime groups is 1. The number of benzene rings is 1. The fourth-order valence-corrected chi connectivity index (χ4v) is 1.51. The molecule has 7 heteroatoms. The van der Waals surface area contributed by atoms with Crippen LogP contribution in [0.5, 0.6) is 0 Å². The summed E-state index contributed by atoms with van der Waals surface area (Å²) in [6, 6.07) is 7.77. The molecule has 1 N–H and O–H groups in total. The van der Waals surface area contributed by atoms with Gasteiger partial charge < -0.3 is 9.73 Å². The van der Waals surface area contributed by atoms with E-state index in [2.05, 4.69) is 14.8 Å². The van der Waals surface area contributed by atoms with Gasteiger partial charge in [0.05, 0.1) is 6.21 Å². The van der Waals surface area contributed by atoms with Crippen LogP contribution in [0.25, 0.3) is 11.3 Å². The van der Waals surface area contributed by atoms with Gasteiger partial charge in [-0.3, -0.25) is 0 Å². The number of halogens is 3. The molecule has 18 heavy (non-hydrogen) atoms. The summed E-state index contributed by atoms with van der Waals surface area (Å²) in [6.07, 6.45) is -4.07. The molecule has 0 unspecified atom stereocenters. The quantitative estimate of drug-likeness (QED) is 0.510. The summed E-state index contributed by atoms with van der Waals surface area (Å²) in [6.45, 7) is 0. The predicted octanol–water partition coefficient (Wildman–Crippen LogP) is 3.17. The number of hydrogen-bond donors (Lipinski definition) is 1. The highest BCUT2D eigenvalue weighted by atomic mass is 19.4. The molecule has 0 aliphatic rings. The SMILES string of the molecule is O/N=C/c1noc(-c2ccccc2)c1C(F)(F)F. The molecule has 1 heterocycles. The highest BCUT2D eigenvalue weighted by Gasteiger charge is 2.40. The second kappa shape index (κ2) is 4.52. The van der Waals surface area contributed by atoms with Crippen LogP contribution in [0.1, 0.15) is 11.3 Å². The molecule has 0 spiro atoms. The first-order valence-corrected chi connectivity index (χ1v) is 4.83. The summed E-state index contributed by atoms with van der Waals surface area (Å²) in [5, 5.41) is 14.1. The van der Waals surface area contributed by atoms with Crippen LogP contribution < -0.4 is 0 Å². The van der Waals surface area contributed by atoms with Crippen molar-refractivity contribution in [1.82, 2.24) is 5.16 Å². The van der Waals surface area contributed by atoms with Crippen molar-refractivity contribution in [3.05, 3.63) is 41.6 Å². The largest absolute Gasteiger partial charge is 0.422 e. The van der Waals surface area contributed by atoms with Gasteiger partial charge in [-0.2, -0.15) is 13.2 Å². The Balaban J connectivity index is 2.63. The molecule has 1 aromatic carbocycles. The van der Waals surface area contributed by atoms with Crippen LogP contribution >= 0.6 is 0 Å². The van der Waals surface area contributed by atoms with E-state index in [9.17, 15) is 13.2 Å². The van der Waals surface area contributed by atoms with E-state index in [1.165, 1.54) is 12.1 Å². The average Bonchev–Trinajstić information content (AvgIpc) is 2.74. The first kappa shape index (κ1) is 12.2. The van der Waals surface area contributed by atoms with E-state index in [0.29, 0.717) is 6.21 Å². The van der Waals surface area contributed by atoms with E-state index in [1.807, 2.05) is 0 Å². The molecule has 0 saturated heterocycles. The molecule has 0 fully saturated rings. The Morgan fingerprint density at radius 2 is 1.89 bits per heavy atom. The van der Waals surface area contributed by atoms with Crippen LogP contribution in [0.4, 0.5) is 13.2 Å². The van der Waals surface area contributed by atoms with Crippen LogP contribution in [0.2, 0.25) is 0 Å². The summed E-state index contributed by atoms with van der Waals surface area (Å²) in [5.41, 5.74) is -1.38. The van der Waals surface area contributed by atoms with Crippen LogP contribution in [0.15, 0.2) is 40.0 Å². The first-order valence-electron chi connectivity index (χ1n) is 4.83. The zero-order valence-electron chi connectivity index (χ0n) is 8.85. The zero-order chi connectivity index (χ0) is 13.2.